The number of anilines is 1. The van der Waals surface area contributed by atoms with E-state index in [0.29, 0.717) is 6.54 Å². The fraction of sp³-hybridized carbons (Fsp3) is 0.409. The van der Waals surface area contributed by atoms with Gasteiger partial charge in [0, 0.05) is 45.3 Å². The summed E-state index contributed by atoms with van der Waals surface area (Å²) in [6, 6.07) is 16.8. The molecule has 0 amide bonds. The van der Waals surface area contributed by atoms with Crippen LogP contribution in [0.25, 0.3) is 0 Å². The van der Waals surface area contributed by atoms with Gasteiger partial charge in [0.15, 0.2) is 5.96 Å². The molecule has 1 aliphatic rings. The van der Waals surface area contributed by atoms with Crippen LogP contribution in [0, 0.1) is 0 Å². The molecule has 5 heteroatoms. The molecule has 0 spiro atoms. The second-order valence-electron chi connectivity index (χ2n) is 7.09. The minimum atomic E-state index is 0.0454. The number of nitrogens with one attached hydrogen (secondary N) is 2. The monoisotopic (exact) mass is 366 g/mol. The van der Waals surface area contributed by atoms with Gasteiger partial charge in [-0.3, -0.25) is 4.99 Å². The van der Waals surface area contributed by atoms with Crippen LogP contribution < -0.4 is 15.5 Å². The number of aliphatic hydroxyl groups excluding tert-OH is 1. The SMILES string of the molecule is CN=C(NCc1ccc2c(c1)CCCN2C)NCC(CO)c1ccccc1. The molecule has 1 heterocycles. The molecule has 0 fully saturated rings. The maximum absolute atomic E-state index is 9.70. The molecule has 3 N–H and O–H groups in total. The van der Waals surface area contributed by atoms with Gasteiger partial charge in [0.05, 0.1) is 6.61 Å². The van der Waals surface area contributed by atoms with Gasteiger partial charge in [-0.1, -0.05) is 42.5 Å². The standard InChI is InChI=1S/C22H30N4O/c1-23-22(25-15-20(16-27)18-7-4-3-5-8-18)24-14-17-10-11-21-19(13-17)9-6-12-26(21)2/h3-5,7-8,10-11,13,20,27H,6,9,12,14-16H2,1-2H3,(H2,23,24,25). The first kappa shape index (κ1) is 19.2. The molecule has 0 aliphatic carbocycles. The van der Waals surface area contributed by atoms with E-state index in [9.17, 15) is 5.11 Å². The molecule has 5 nitrogen and oxygen atoms in total. The smallest absolute Gasteiger partial charge is 0.191 e. The zero-order valence-electron chi connectivity index (χ0n) is 16.3. The third kappa shape index (κ3) is 5.01. The van der Waals surface area contributed by atoms with E-state index < -0.39 is 0 Å². The molecule has 2 aromatic rings. The fourth-order valence-electron chi connectivity index (χ4n) is 3.59. The van der Waals surface area contributed by atoms with Gasteiger partial charge in [0.1, 0.15) is 0 Å². The highest BCUT2D eigenvalue weighted by atomic mass is 16.3. The second kappa shape index (κ2) is 9.42. The van der Waals surface area contributed by atoms with Crippen molar-refractivity contribution in [1.82, 2.24) is 10.6 Å². The van der Waals surface area contributed by atoms with Crippen LogP contribution in [0.15, 0.2) is 53.5 Å². The van der Waals surface area contributed by atoms with Gasteiger partial charge in [-0.15, -0.1) is 0 Å². The van der Waals surface area contributed by atoms with Gasteiger partial charge in [0.25, 0.3) is 0 Å². The number of aliphatic imine (C=N–C) groups is 1. The van der Waals surface area contributed by atoms with Crippen LogP contribution in [-0.4, -0.2) is 44.9 Å². The van der Waals surface area contributed by atoms with Crippen molar-refractivity contribution in [1.29, 1.82) is 0 Å². The number of hydrogen-bond donors (Lipinski definition) is 3. The van der Waals surface area contributed by atoms with Crippen LogP contribution >= 0.6 is 0 Å². The summed E-state index contributed by atoms with van der Waals surface area (Å²) in [5.41, 5.74) is 5.16. The largest absolute Gasteiger partial charge is 0.396 e. The Morgan fingerprint density at radius 2 is 2.00 bits per heavy atom. The van der Waals surface area contributed by atoms with E-state index in [-0.39, 0.29) is 12.5 Å². The van der Waals surface area contributed by atoms with Crippen LogP contribution in [0.2, 0.25) is 0 Å². The lowest BCUT2D eigenvalue weighted by Gasteiger charge is -2.28. The number of aliphatic hydroxyl groups is 1. The van der Waals surface area contributed by atoms with E-state index in [2.05, 4.69) is 45.8 Å². The van der Waals surface area contributed by atoms with E-state index in [1.807, 2.05) is 30.3 Å². The van der Waals surface area contributed by atoms with Crippen molar-refractivity contribution < 1.29 is 5.11 Å². The molecule has 2 aromatic carbocycles. The third-order valence-electron chi connectivity index (χ3n) is 5.19. The summed E-state index contributed by atoms with van der Waals surface area (Å²) in [6.07, 6.45) is 2.36. The Morgan fingerprint density at radius 1 is 1.19 bits per heavy atom. The minimum absolute atomic E-state index is 0.0454. The Kier molecular flexibility index (Phi) is 6.71. The number of nitrogens with zero attached hydrogens (tertiary/aromatic N) is 2. The van der Waals surface area contributed by atoms with E-state index in [1.54, 1.807) is 7.05 Å². The molecule has 0 saturated heterocycles. The Hall–Kier alpha value is -2.53. The van der Waals surface area contributed by atoms with Crippen LogP contribution in [0.5, 0.6) is 0 Å². The van der Waals surface area contributed by atoms with Crippen LogP contribution in [0.4, 0.5) is 5.69 Å². The molecular formula is C22H30N4O. The first-order chi connectivity index (χ1) is 13.2. The molecule has 1 atom stereocenters. The zero-order chi connectivity index (χ0) is 19.1. The summed E-state index contributed by atoms with van der Waals surface area (Å²) in [5, 5.41) is 16.4. The summed E-state index contributed by atoms with van der Waals surface area (Å²) in [4.78, 5) is 6.64. The molecule has 144 valence electrons. The van der Waals surface area contributed by atoms with Gasteiger partial charge in [-0.05, 0) is 35.6 Å². The summed E-state index contributed by atoms with van der Waals surface area (Å²) >= 11 is 0. The van der Waals surface area contributed by atoms with Crippen molar-refractivity contribution in [2.24, 2.45) is 4.99 Å². The number of benzene rings is 2. The van der Waals surface area contributed by atoms with Gasteiger partial charge < -0.3 is 20.6 Å². The van der Waals surface area contributed by atoms with Crippen molar-refractivity contribution >= 4 is 11.6 Å². The molecular weight excluding hydrogens is 336 g/mol. The quantitative estimate of drug-likeness (QED) is 0.543. The van der Waals surface area contributed by atoms with E-state index in [1.165, 1.54) is 23.2 Å². The fourth-order valence-corrected chi connectivity index (χ4v) is 3.59. The van der Waals surface area contributed by atoms with Crippen molar-refractivity contribution in [2.75, 3.05) is 38.7 Å². The number of guanidine groups is 1. The molecule has 0 aromatic heterocycles. The Balaban J connectivity index is 1.55. The number of rotatable bonds is 6. The Labute approximate surface area is 162 Å². The first-order valence-electron chi connectivity index (χ1n) is 9.64. The summed E-state index contributed by atoms with van der Waals surface area (Å²) < 4.78 is 0. The number of hydrogen-bond acceptors (Lipinski definition) is 3. The first-order valence-corrected chi connectivity index (χ1v) is 9.64. The average molecular weight is 367 g/mol. The highest BCUT2D eigenvalue weighted by molar-refractivity contribution is 5.79. The number of fused-ring (bicyclic) bond motifs is 1. The summed E-state index contributed by atoms with van der Waals surface area (Å²) in [5.74, 6) is 0.795. The van der Waals surface area contributed by atoms with Crippen molar-refractivity contribution in [3.8, 4) is 0 Å². The normalized spacial score (nSPS) is 15.2. The Morgan fingerprint density at radius 3 is 2.74 bits per heavy atom. The molecule has 0 radical (unpaired) electrons. The van der Waals surface area contributed by atoms with Gasteiger partial charge in [0.2, 0.25) is 0 Å². The van der Waals surface area contributed by atoms with Crippen molar-refractivity contribution in [3.05, 3.63) is 65.2 Å². The molecule has 0 bridgehead atoms. The van der Waals surface area contributed by atoms with E-state index >= 15 is 0 Å². The zero-order valence-corrected chi connectivity index (χ0v) is 16.3. The third-order valence-corrected chi connectivity index (χ3v) is 5.19. The topological polar surface area (TPSA) is 59.9 Å². The summed E-state index contributed by atoms with van der Waals surface area (Å²) in [7, 11) is 3.93. The van der Waals surface area contributed by atoms with Crippen molar-refractivity contribution in [2.45, 2.75) is 25.3 Å². The second-order valence-corrected chi connectivity index (χ2v) is 7.09. The highest BCUT2D eigenvalue weighted by Gasteiger charge is 2.14. The summed E-state index contributed by atoms with van der Waals surface area (Å²) in [6.45, 7) is 2.60. The number of aryl methyl sites for hydroxylation is 1. The molecule has 0 saturated carbocycles. The minimum Gasteiger partial charge on any atom is -0.396 e. The highest BCUT2D eigenvalue weighted by Crippen LogP contribution is 2.26. The molecule has 3 rings (SSSR count). The molecule has 1 unspecified atom stereocenters. The molecule has 1 aliphatic heterocycles. The predicted molar refractivity (Wildman–Crippen MR) is 113 cm³/mol. The van der Waals surface area contributed by atoms with Crippen LogP contribution in [0.1, 0.15) is 29.0 Å². The van der Waals surface area contributed by atoms with Crippen LogP contribution in [0.3, 0.4) is 0 Å². The Bertz CT molecular complexity index is 760. The lowest BCUT2D eigenvalue weighted by molar-refractivity contribution is 0.265. The van der Waals surface area contributed by atoms with Gasteiger partial charge in [-0.2, -0.15) is 0 Å². The van der Waals surface area contributed by atoms with Crippen molar-refractivity contribution in [3.63, 3.8) is 0 Å². The van der Waals surface area contributed by atoms with Gasteiger partial charge in [-0.25, -0.2) is 0 Å². The molecule has 27 heavy (non-hydrogen) atoms. The van der Waals surface area contributed by atoms with E-state index in [0.717, 1.165) is 31.0 Å². The van der Waals surface area contributed by atoms with Crippen LogP contribution in [-0.2, 0) is 13.0 Å². The van der Waals surface area contributed by atoms with E-state index in [4.69, 9.17) is 0 Å². The lowest BCUT2D eigenvalue weighted by Crippen LogP contribution is -2.39. The van der Waals surface area contributed by atoms with Gasteiger partial charge >= 0.3 is 0 Å². The predicted octanol–water partition coefficient (Wildman–Crippen LogP) is 2.51. The maximum Gasteiger partial charge on any atom is 0.191 e. The maximum atomic E-state index is 9.70. The average Bonchev–Trinajstić information content (AvgIpc) is 2.71. The lowest BCUT2D eigenvalue weighted by atomic mass is 9.99.